The van der Waals surface area contributed by atoms with Crippen LogP contribution >= 0.6 is 11.3 Å². The van der Waals surface area contributed by atoms with Crippen LogP contribution in [0.1, 0.15) is 39.0 Å². The molecule has 1 N–H and O–H groups in total. The molecule has 1 amide bonds. The van der Waals surface area contributed by atoms with Gasteiger partial charge in [0.05, 0.1) is 24.3 Å². The molecule has 0 spiro atoms. The number of thiophene rings is 1. The highest BCUT2D eigenvalue weighted by Crippen LogP contribution is 2.35. The number of rotatable bonds is 7. The number of methoxy groups -OCH3 is 1. The van der Waals surface area contributed by atoms with Gasteiger partial charge in [-0.25, -0.2) is 13.1 Å². The highest BCUT2D eigenvalue weighted by atomic mass is 32.2. The molecule has 2 heterocycles. The van der Waals surface area contributed by atoms with E-state index in [2.05, 4.69) is 4.72 Å². The molecule has 6 nitrogen and oxygen atoms in total. The number of sulfonamides is 1. The Morgan fingerprint density at radius 1 is 1.33 bits per heavy atom. The van der Waals surface area contributed by atoms with E-state index in [-0.39, 0.29) is 11.9 Å². The van der Waals surface area contributed by atoms with Crippen LogP contribution in [0.2, 0.25) is 0 Å². The predicted octanol–water partition coefficient (Wildman–Crippen LogP) is 2.83. The van der Waals surface area contributed by atoms with E-state index < -0.39 is 10.0 Å². The van der Waals surface area contributed by atoms with Crippen molar-refractivity contribution in [1.29, 1.82) is 0 Å². The maximum absolute atomic E-state index is 13.0. The lowest BCUT2D eigenvalue weighted by molar-refractivity contribution is 0.0740. The molecule has 146 valence electrons. The first kappa shape index (κ1) is 19.9. The van der Waals surface area contributed by atoms with Gasteiger partial charge in [0, 0.05) is 18.0 Å². The van der Waals surface area contributed by atoms with E-state index in [0.29, 0.717) is 17.8 Å². The molecule has 0 radical (unpaired) electrons. The maximum atomic E-state index is 13.0. The fraction of sp³-hybridized carbons (Fsp3) is 0.421. The third-order valence-corrected chi connectivity index (χ3v) is 6.46. The monoisotopic (exact) mass is 408 g/mol. The van der Waals surface area contributed by atoms with Crippen molar-refractivity contribution in [2.75, 3.05) is 26.5 Å². The molecule has 8 heteroatoms. The van der Waals surface area contributed by atoms with Gasteiger partial charge in [0.15, 0.2) is 0 Å². The van der Waals surface area contributed by atoms with Crippen LogP contribution < -0.4 is 9.46 Å². The maximum Gasteiger partial charge on any atom is 0.264 e. The van der Waals surface area contributed by atoms with Crippen LogP contribution in [0.4, 0.5) is 0 Å². The third kappa shape index (κ3) is 5.09. The number of carbonyl (C=O) groups excluding carboxylic acids is 1. The number of hydrogen-bond donors (Lipinski definition) is 1. The standard InChI is InChI=1S/C19H24N2O4S2/c1-25-15-6-3-5-14(13-15)17-7-4-12-21(17)19(22)18-9-8-16(26-18)10-11-20-27(2,23)24/h3,5-6,8-9,13,17,20H,4,7,10-12H2,1-2H3. The molecule has 0 saturated carbocycles. The number of benzene rings is 1. The molecule has 1 aliphatic heterocycles. The summed E-state index contributed by atoms with van der Waals surface area (Å²) in [5.74, 6) is 0.830. The molecule has 27 heavy (non-hydrogen) atoms. The van der Waals surface area contributed by atoms with E-state index in [4.69, 9.17) is 4.74 Å². The Hall–Kier alpha value is -1.90. The number of nitrogens with zero attached hydrogens (tertiary/aromatic N) is 1. The SMILES string of the molecule is COc1cccc(C2CCCN2C(=O)c2ccc(CCNS(C)(=O)=O)s2)c1. The molecule has 1 aromatic carbocycles. The minimum absolute atomic E-state index is 0.0349. The summed E-state index contributed by atoms with van der Waals surface area (Å²) in [5.41, 5.74) is 1.09. The van der Waals surface area contributed by atoms with Gasteiger partial charge < -0.3 is 9.64 Å². The number of nitrogens with one attached hydrogen (secondary N) is 1. The molecule has 0 aliphatic carbocycles. The summed E-state index contributed by atoms with van der Waals surface area (Å²) in [6.07, 6.45) is 3.63. The van der Waals surface area contributed by atoms with Crippen LogP contribution in [0.5, 0.6) is 5.75 Å². The Morgan fingerprint density at radius 3 is 2.89 bits per heavy atom. The second-order valence-electron chi connectivity index (χ2n) is 6.62. The van der Waals surface area contributed by atoms with Gasteiger partial charge in [0.2, 0.25) is 10.0 Å². The molecule has 1 unspecified atom stereocenters. The first-order valence-electron chi connectivity index (χ1n) is 8.85. The fourth-order valence-corrected chi connectivity index (χ4v) is 4.77. The lowest BCUT2D eigenvalue weighted by Crippen LogP contribution is -2.29. The van der Waals surface area contributed by atoms with E-state index in [9.17, 15) is 13.2 Å². The van der Waals surface area contributed by atoms with Crippen LogP contribution in [-0.2, 0) is 16.4 Å². The summed E-state index contributed by atoms with van der Waals surface area (Å²) in [6.45, 7) is 1.08. The molecule has 0 bridgehead atoms. The largest absolute Gasteiger partial charge is 0.497 e. The lowest BCUT2D eigenvalue weighted by atomic mass is 10.0. The van der Waals surface area contributed by atoms with Crippen LogP contribution in [0.3, 0.4) is 0 Å². The normalized spacial score (nSPS) is 17.3. The Labute approximate surface area is 164 Å². The van der Waals surface area contributed by atoms with E-state index in [1.165, 1.54) is 11.3 Å². The van der Waals surface area contributed by atoms with E-state index >= 15 is 0 Å². The number of carbonyl (C=O) groups is 1. The smallest absolute Gasteiger partial charge is 0.264 e. The Kier molecular flexibility index (Phi) is 6.18. The van der Waals surface area contributed by atoms with Gasteiger partial charge in [0.1, 0.15) is 5.75 Å². The molecule has 1 aliphatic rings. The summed E-state index contributed by atoms with van der Waals surface area (Å²) < 4.78 is 30.1. The second kappa shape index (κ2) is 8.41. The zero-order valence-corrected chi connectivity index (χ0v) is 17.1. The van der Waals surface area contributed by atoms with Gasteiger partial charge >= 0.3 is 0 Å². The predicted molar refractivity (Wildman–Crippen MR) is 107 cm³/mol. The van der Waals surface area contributed by atoms with Crippen molar-refractivity contribution < 1.29 is 17.9 Å². The van der Waals surface area contributed by atoms with Crippen molar-refractivity contribution in [2.24, 2.45) is 0 Å². The molecule has 1 fully saturated rings. The minimum atomic E-state index is -3.19. The van der Waals surface area contributed by atoms with E-state index in [0.717, 1.165) is 41.8 Å². The number of ether oxygens (including phenoxy) is 1. The Morgan fingerprint density at radius 2 is 2.15 bits per heavy atom. The average Bonchev–Trinajstić information content (AvgIpc) is 3.30. The summed E-state index contributed by atoms with van der Waals surface area (Å²) >= 11 is 1.43. The minimum Gasteiger partial charge on any atom is -0.497 e. The van der Waals surface area contributed by atoms with Gasteiger partial charge in [-0.2, -0.15) is 0 Å². The van der Waals surface area contributed by atoms with Gasteiger partial charge in [0.25, 0.3) is 5.91 Å². The van der Waals surface area contributed by atoms with Crippen molar-refractivity contribution in [3.63, 3.8) is 0 Å². The molecule has 1 aromatic heterocycles. The number of amides is 1. The van der Waals surface area contributed by atoms with Crippen LogP contribution in [0.15, 0.2) is 36.4 Å². The Balaban J connectivity index is 1.69. The summed E-state index contributed by atoms with van der Waals surface area (Å²) in [6, 6.07) is 11.7. The quantitative estimate of drug-likeness (QED) is 0.764. The number of likely N-dealkylation sites (tertiary alicyclic amines) is 1. The summed E-state index contributed by atoms with van der Waals surface area (Å²) in [5, 5.41) is 0. The van der Waals surface area contributed by atoms with Gasteiger partial charge in [-0.3, -0.25) is 4.79 Å². The molecule has 2 aromatic rings. The zero-order chi connectivity index (χ0) is 19.4. The van der Waals surface area contributed by atoms with Gasteiger partial charge in [-0.05, 0) is 49.1 Å². The molecular weight excluding hydrogens is 384 g/mol. The molecule has 3 rings (SSSR count). The van der Waals surface area contributed by atoms with Gasteiger partial charge in [-0.1, -0.05) is 12.1 Å². The van der Waals surface area contributed by atoms with Crippen molar-refractivity contribution in [1.82, 2.24) is 9.62 Å². The second-order valence-corrected chi connectivity index (χ2v) is 9.62. The van der Waals surface area contributed by atoms with Crippen molar-refractivity contribution in [2.45, 2.75) is 25.3 Å². The van der Waals surface area contributed by atoms with E-state index in [1.54, 1.807) is 7.11 Å². The van der Waals surface area contributed by atoms with Crippen LogP contribution in [0.25, 0.3) is 0 Å². The fourth-order valence-electron chi connectivity index (χ4n) is 3.33. The highest BCUT2D eigenvalue weighted by molar-refractivity contribution is 7.88. The van der Waals surface area contributed by atoms with E-state index in [1.807, 2.05) is 41.3 Å². The topological polar surface area (TPSA) is 75.7 Å². The first-order chi connectivity index (χ1) is 12.9. The average molecular weight is 409 g/mol. The van der Waals surface area contributed by atoms with Crippen molar-refractivity contribution in [3.8, 4) is 5.75 Å². The molecule has 1 saturated heterocycles. The van der Waals surface area contributed by atoms with Crippen LogP contribution in [-0.4, -0.2) is 45.7 Å². The summed E-state index contributed by atoms with van der Waals surface area (Å²) in [7, 11) is -1.55. The highest BCUT2D eigenvalue weighted by Gasteiger charge is 2.31. The molecular formula is C19H24N2O4S2. The van der Waals surface area contributed by atoms with Crippen molar-refractivity contribution in [3.05, 3.63) is 51.7 Å². The zero-order valence-electron chi connectivity index (χ0n) is 15.5. The number of hydrogen-bond acceptors (Lipinski definition) is 5. The lowest BCUT2D eigenvalue weighted by Gasteiger charge is -2.25. The first-order valence-corrected chi connectivity index (χ1v) is 11.6. The van der Waals surface area contributed by atoms with Crippen LogP contribution in [0, 0.1) is 0 Å². The third-order valence-electron chi connectivity index (χ3n) is 4.60. The Bertz CT molecular complexity index is 908. The van der Waals surface area contributed by atoms with Crippen molar-refractivity contribution >= 4 is 27.3 Å². The molecule has 1 atom stereocenters. The van der Waals surface area contributed by atoms with Gasteiger partial charge in [-0.15, -0.1) is 11.3 Å². The summed E-state index contributed by atoms with van der Waals surface area (Å²) in [4.78, 5) is 16.6.